The van der Waals surface area contributed by atoms with Gasteiger partial charge in [-0.3, -0.25) is 0 Å². The van der Waals surface area contributed by atoms with Crippen molar-refractivity contribution < 1.29 is 4.43 Å². The lowest BCUT2D eigenvalue weighted by Crippen LogP contribution is -2.44. The van der Waals surface area contributed by atoms with Gasteiger partial charge in [-0.15, -0.1) is 0 Å². The van der Waals surface area contributed by atoms with E-state index in [4.69, 9.17) is 10.2 Å². The summed E-state index contributed by atoms with van der Waals surface area (Å²) in [5.74, 6) is 0. The number of allylic oxidation sites excluding steroid dienone is 2. The predicted molar refractivity (Wildman–Crippen MR) is 86.8 cm³/mol. The van der Waals surface area contributed by atoms with Crippen molar-refractivity contribution in [3.8, 4) is 0 Å². The van der Waals surface area contributed by atoms with E-state index in [1.165, 1.54) is 5.57 Å². The van der Waals surface area contributed by atoms with Gasteiger partial charge in [-0.05, 0) is 43.8 Å². The van der Waals surface area contributed by atoms with E-state index in [1.54, 1.807) is 0 Å². The van der Waals surface area contributed by atoms with Gasteiger partial charge in [-0.2, -0.15) is 0 Å². The van der Waals surface area contributed by atoms with Gasteiger partial charge in [0.25, 0.3) is 0 Å². The Labute approximate surface area is 120 Å². The standard InChI is InChI=1S/C16H31NOSi/c1-14-8-7-10-16(17,11-9-14)12-13-18-19(5,6)15(2,3)4/h9,11H,1,7-8,10,12-13,17H2,2-6H3. The fourth-order valence-electron chi connectivity index (χ4n) is 2.02. The Balaban J connectivity index is 2.53. The number of hydrogen-bond acceptors (Lipinski definition) is 2. The Morgan fingerprint density at radius 1 is 1.42 bits per heavy atom. The molecule has 0 spiro atoms. The maximum Gasteiger partial charge on any atom is 0.191 e. The van der Waals surface area contributed by atoms with E-state index in [1.807, 2.05) is 0 Å². The highest BCUT2D eigenvalue weighted by molar-refractivity contribution is 6.74. The molecule has 0 heterocycles. The smallest absolute Gasteiger partial charge is 0.191 e. The molecule has 1 atom stereocenters. The zero-order chi connectivity index (χ0) is 14.7. The third-order valence-corrected chi connectivity index (χ3v) is 9.17. The van der Waals surface area contributed by atoms with Crippen LogP contribution in [-0.2, 0) is 4.43 Å². The summed E-state index contributed by atoms with van der Waals surface area (Å²) in [7, 11) is -1.65. The van der Waals surface area contributed by atoms with Gasteiger partial charge in [0.2, 0.25) is 0 Å². The first-order chi connectivity index (χ1) is 8.56. The van der Waals surface area contributed by atoms with Gasteiger partial charge in [-0.1, -0.05) is 45.1 Å². The average molecular weight is 282 g/mol. The topological polar surface area (TPSA) is 35.2 Å². The van der Waals surface area contributed by atoms with Crippen molar-refractivity contribution in [3.63, 3.8) is 0 Å². The molecule has 3 heteroatoms. The van der Waals surface area contributed by atoms with Crippen LogP contribution in [0.15, 0.2) is 24.3 Å². The molecule has 0 fully saturated rings. The van der Waals surface area contributed by atoms with Crippen LogP contribution in [0, 0.1) is 0 Å². The Kier molecular flexibility index (Phi) is 5.21. The SMILES string of the molecule is C=C1C=CC(N)(CCO[Si](C)(C)C(C)(C)C)CCC1. The second-order valence-electron chi connectivity index (χ2n) is 7.44. The maximum atomic E-state index is 6.47. The zero-order valence-corrected chi connectivity index (χ0v) is 14.4. The minimum Gasteiger partial charge on any atom is -0.417 e. The van der Waals surface area contributed by atoms with Gasteiger partial charge < -0.3 is 10.2 Å². The molecule has 0 aromatic carbocycles. The zero-order valence-electron chi connectivity index (χ0n) is 13.4. The van der Waals surface area contributed by atoms with E-state index in [-0.39, 0.29) is 10.6 Å². The first-order valence-electron chi connectivity index (χ1n) is 7.36. The molecule has 1 aliphatic rings. The van der Waals surface area contributed by atoms with Crippen LogP contribution in [0.1, 0.15) is 46.5 Å². The quantitative estimate of drug-likeness (QED) is 0.776. The van der Waals surface area contributed by atoms with Crippen LogP contribution in [0.2, 0.25) is 18.1 Å². The molecule has 1 unspecified atom stereocenters. The minimum atomic E-state index is -1.65. The molecular weight excluding hydrogens is 250 g/mol. The van der Waals surface area contributed by atoms with Gasteiger partial charge in [0.05, 0.1) is 0 Å². The molecule has 2 N–H and O–H groups in total. The minimum absolute atomic E-state index is 0.207. The first-order valence-corrected chi connectivity index (χ1v) is 10.3. The van der Waals surface area contributed by atoms with Crippen LogP contribution in [-0.4, -0.2) is 20.5 Å². The molecule has 0 aromatic rings. The Morgan fingerprint density at radius 2 is 2.05 bits per heavy atom. The molecule has 0 radical (unpaired) electrons. The molecule has 0 aromatic heterocycles. The van der Waals surface area contributed by atoms with Crippen LogP contribution in [0.4, 0.5) is 0 Å². The van der Waals surface area contributed by atoms with Crippen molar-refractivity contribution in [3.05, 3.63) is 24.3 Å². The van der Waals surface area contributed by atoms with Crippen molar-refractivity contribution >= 4 is 8.32 Å². The summed E-state index contributed by atoms with van der Waals surface area (Å²) >= 11 is 0. The largest absolute Gasteiger partial charge is 0.417 e. The molecule has 2 nitrogen and oxygen atoms in total. The number of hydrogen-bond donors (Lipinski definition) is 1. The van der Waals surface area contributed by atoms with Crippen molar-refractivity contribution in [1.82, 2.24) is 0 Å². The van der Waals surface area contributed by atoms with Crippen LogP contribution in [0.3, 0.4) is 0 Å². The summed E-state index contributed by atoms with van der Waals surface area (Å²) < 4.78 is 6.23. The fourth-order valence-corrected chi connectivity index (χ4v) is 3.06. The molecule has 110 valence electrons. The van der Waals surface area contributed by atoms with Crippen molar-refractivity contribution in [1.29, 1.82) is 0 Å². The normalized spacial score (nSPS) is 25.5. The molecule has 0 saturated carbocycles. The summed E-state index contributed by atoms with van der Waals surface area (Å²) in [6.45, 7) is 16.2. The molecule has 0 amide bonds. The van der Waals surface area contributed by atoms with Crippen molar-refractivity contribution in [2.24, 2.45) is 5.73 Å². The van der Waals surface area contributed by atoms with Crippen LogP contribution >= 0.6 is 0 Å². The Hall–Kier alpha value is -0.383. The average Bonchev–Trinajstić information content (AvgIpc) is 2.40. The fraction of sp³-hybridized carbons (Fsp3) is 0.750. The summed E-state index contributed by atoms with van der Waals surface area (Å²) in [6, 6.07) is 0. The second-order valence-corrected chi connectivity index (χ2v) is 12.2. The van der Waals surface area contributed by atoms with Gasteiger partial charge in [0.1, 0.15) is 0 Å². The first kappa shape index (κ1) is 16.7. The molecular formula is C16H31NOSi. The lowest BCUT2D eigenvalue weighted by Gasteiger charge is -2.37. The Morgan fingerprint density at radius 3 is 2.63 bits per heavy atom. The molecule has 0 aliphatic heterocycles. The maximum absolute atomic E-state index is 6.47. The van der Waals surface area contributed by atoms with Gasteiger partial charge in [0, 0.05) is 12.1 Å². The van der Waals surface area contributed by atoms with Crippen LogP contribution in [0.5, 0.6) is 0 Å². The van der Waals surface area contributed by atoms with E-state index in [2.05, 4.69) is 52.6 Å². The highest BCUT2D eigenvalue weighted by atomic mass is 28.4. The summed E-state index contributed by atoms with van der Waals surface area (Å²) in [4.78, 5) is 0. The van der Waals surface area contributed by atoms with Gasteiger partial charge in [-0.25, -0.2) is 0 Å². The van der Waals surface area contributed by atoms with E-state index < -0.39 is 8.32 Å². The third kappa shape index (κ3) is 4.90. The Bertz CT molecular complexity index is 354. The predicted octanol–water partition coefficient (Wildman–Crippen LogP) is 4.39. The molecule has 0 bridgehead atoms. The summed E-state index contributed by atoms with van der Waals surface area (Å²) in [6.07, 6.45) is 8.37. The highest BCUT2D eigenvalue weighted by Gasteiger charge is 2.37. The molecule has 0 saturated heterocycles. The van der Waals surface area contributed by atoms with Crippen LogP contribution in [0.25, 0.3) is 0 Å². The van der Waals surface area contributed by atoms with Crippen molar-refractivity contribution in [2.45, 2.75) is 70.1 Å². The molecule has 1 rings (SSSR count). The molecule has 19 heavy (non-hydrogen) atoms. The van der Waals surface area contributed by atoms with Crippen LogP contribution < -0.4 is 5.73 Å². The van der Waals surface area contributed by atoms with E-state index >= 15 is 0 Å². The lowest BCUT2D eigenvalue weighted by molar-refractivity contribution is 0.250. The highest BCUT2D eigenvalue weighted by Crippen LogP contribution is 2.37. The monoisotopic (exact) mass is 281 g/mol. The van der Waals surface area contributed by atoms with Crippen molar-refractivity contribution in [2.75, 3.05) is 6.61 Å². The third-order valence-electron chi connectivity index (χ3n) is 4.63. The lowest BCUT2D eigenvalue weighted by atomic mass is 9.92. The van der Waals surface area contributed by atoms with E-state index in [0.717, 1.165) is 32.3 Å². The van der Waals surface area contributed by atoms with E-state index in [9.17, 15) is 0 Å². The molecule has 1 aliphatic carbocycles. The van der Waals surface area contributed by atoms with E-state index in [0.29, 0.717) is 0 Å². The number of rotatable bonds is 4. The second kappa shape index (κ2) is 5.94. The van der Waals surface area contributed by atoms with Gasteiger partial charge in [0.15, 0.2) is 8.32 Å². The number of nitrogens with two attached hydrogens (primary N) is 1. The van der Waals surface area contributed by atoms with Gasteiger partial charge >= 0.3 is 0 Å². The summed E-state index contributed by atoms with van der Waals surface area (Å²) in [5.41, 5.74) is 7.45. The summed E-state index contributed by atoms with van der Waals surface area (Å²) in [5, 5.41) is 0.266.